The number of aromatic amines is 1. The Morgan fingerprint density at radius 1 is 1.19 bits per heavy atom. The fraction of sp³-hybridized carbons (Fsp3) is 0.450. The molecule has 1 amide bonds. The molecule has 0 spiro atoms. The summed E-state index contributed by atoms with van der Waals surface area (Å²) < 4.78 is 4.86. The van der Waals surface area contributed by atoms with E-state index < -0.39 is 5.97 Å². The van der Waals surface area contributed by atoms with Gasteiger partial charge in [-0.15, -0.1) is 0 Å². The largest absolute Gasteiger partial charge is 0.465 e. The second-order valence-corrected chi connectivity index (χ2v) is 6.76. The second kappa shape index (κ2) is 7.72. The summed E-state index contributed by atoms with van der Waals surface area (Å²) in [6.45, 7) is 4.29. The van der Waals surface area contributed by atoms with Crippen LogP contribution in [-0.2, 0) is 4.74 Å². The number of ether oxygens (including phenoxy) is 1. The number of rotatable bonds is 3. The first-order valence-electron chi connectivity index (χ1n) is 9.03. The van der Waals surface area contributed by atoms with E-state index in [2.05, 4.69) is 9.97 Å². The Morgan fingerprint density at radius 3 is 2.62 bits per heavy atom. The Morgan fingerprint density at radius 2 is 1.92 bits per heavy atom. The van der Waals surface area contributed by atoms with Gasteiger partial charge in [-0.1, -0.05) is 12.8 Å². The molecule has 1 N–H and O–H groups in total. The number of hydrogen-bond acceptors (Lipinski definition) is 4. The zero-order valence-corrected chi connectivity index (χ0v) is 15.5. The topological polar surface area (TPSA) is 75.3 Å². The van der Waals surface area contributed by atoms with Crippen molar-refractivity contribution >= 4 is 11.9 Å². The molecule has 2 aromatic heterocycles. The summed E-state index contributed by atoms with van der Waals surface area (Å²) in [6.07, 6.45) is 7.65. The molecule has 138 valence electrons. The number of hydrogen-bond donors (Lipinski definition) is 1. The fourth-order valence-corrected chi connectivity index (χ4v) is 3.80. The highest BCUT2D eigenvalue weighted by Crippen LogP contribution is 2.32. The van der Waals surface area contributed by atoms with Crippen molar-refractivity contribution in [3.63, 3.8) is 0 Å². The third-order valence-corrected chi connectivity index (χ3v) is 5.15. The van der Waals surface area contributed by atoms with E-state index in [1.54, 1.807) is 26.2 Å². The van der Waals surface area contributed by atoms with Crippen LogP contribution in [0.4, 0.5) is 0 Å². The number of methoxy groups -OCH3 is 1. The van der Waals surface area contributed by atoms with Crippen molar-refractivity contribution in [3.8, 4) is 0 Å². The molecule has 1 unspecified atom stereocenters. The van der Waals surface area contributed by atoms with Crippen molar-refractivity contribution in [2.75, 3.05) is 13.7 Å². The van der Waals surface area contributed by atoms with E-state index in [-0.39, 0.29) is 11.9 Å². The first-order valence-corrected chi connectivity index (χ1v) is 9.03. The van der Waals surface area contributed by atoms with Gasteiger partial charge in [-0.25, -0.2) is 4.79 Å². The van der Waals surface area contributed by atoms with Gasteiger partial charge in [0.05, 0.1) is 18.7 Å². The van der Waals surface area contributed by atoms with Crippen LogP contribution in [0.5, 0.6) is 0 Å². The number of pyridine rings is 1. The first-order chi connectivity index (χ1) is 12.5. The molecule has 0 aliphatic carbocycles. The first kappa shape index (κ1) is 18.2. The van der Waals surface area contributed by atoms with Gasteiger partial charge >= 0.3 is 5.97 Å². The van der Waals surface area contributed by atoms with Crippen LogP contribution in [-0.4, -0.2) is 40.4 Å². The SMILES string of the molecule is COC(=O)c1c(C)[nH]c(C(=O)N2CCCCCC2c2ccncc2)c1C. The van der Waals surface area contributed by atoms with Crippen molar-refractivity contribution in [2.24, 2.45) is 0 Å². The van der Waals surface area contributed by atoms with Gasteiger partial charge < -0.3 is 14.6 Å². The maximum Gasteiger partial charge on any atom is 0.339 e. The van der Waals surface area contributed by atoms with Gasteiger partial charge in [0.2, 0.25) is 0 Å². The van der Waals surface area contributed by atoms with E-state index in [0.717, 1.165) is 31.2 Å². The number of aryl methyl sites for hydroxylation is 1. The molecule has 1 aliphatic rings. The Bertz CT molecular complexity index is 798. The van der Waals surface area contributed by atoms with Crippen molar-refractivity contribution < 1.29 is 14.3 Å². The molecular formula is C20H25N3O3. The van der Waals surface area contributed by atoms with Crippen molar-refractivity contribution in [3.05, 3.63) is 52.6 Å². The summed E-state index contributed by atoms with van der Waals surface area (Å²) in [7, 11) is 1.35. The van der Waals surface area contributed by atoms with E-state index in [1.807, 2.05) is 17.0 Å². The zero-order valence-electron chi connectivity index (χ0n) is 15.5. The molecule has 0 saturated carbocycles. The Balaban J connectivity index is 1.98. The summed E-state index contributed by atoms with van der Waals surface area (Å²) in [5.41, 5.74) is 3.34. The highest BCUT2D eigenvalue weighted by molar-refractivity contribution is 6.00. The number of nitrogens with zero attached hydrogens (tertiary/aromatic N) is 2. The van der Waals surface area contributed by atoms with E-state index in [0.29, 0.717) is 29.1 Å². The lowest BCUT2D eigenvalue weighted by Gasteiger charge is -2.30. The van der Waals surface area contributed by atoms with Crippen molar-refractivity contribution in [2.45, 2.75) is 45.6 Å². The summed E-state index contributed by atoms with van der Waals surface area (Å²) in [4.78, 5) is 34.5. The number of aromatic nitrogens is 2. The van der Waals surface area contributed by atoms with Crippen LogP contribution in [0.15, 0.2) is 24.5 Å². The molecule has 1 saturated heterocycles. The second-order valence-electron chi connectivity index (χ2n) is 6.76. The molecule has 1 fully saturated rings. The maximum atomic E-state index is 13.4. The highest BCUT2D eigenvalue weighted by Gasteiger charge is 2.31. The molecule has 0 bridgehead atoms. The van der Waals surface area contributed by atoms with Gasteiger partial charge in [-0.3, -0.25) is 9.78 Å². The van der Waals surface area contributed by atoms with Crippen LogP contribution in [0.25, 0.3) is 0 Å². The third-order valence-electron chi connectivity index (χ3n) is 5.15. The highest BCUT2D eigenvalue weighted by atomic mass is 16.5. The molecule has 26 heavy (non-hydrogen) atoms. The van der Waals surface area contributed by atoms with Crippen LogP contribution < -0.4 is 0 Å². The van der Waals surface area contributed by atoms with Crippen LogP contribution >= 0.6 is 0 Å². The minimum Gasteiger partial charge on any atom is -0.465 e. The normalized spacial score (nSPS) is 17.7. The summed E-state index contributed by atoms with van der Waals surface area (Å²) in [6, 6.07) is 3.98. The van der Waals surface area contributed by atoms with Crippen LogP contribution in [0.1, 0.15) is 69.4 Å². The summed E-state index contributed by atoms with van der Waals surface area (Å²) in [5.74, 6) is -0.485. The van der Waals surface area contributed by atoms with E-state index in [4.69, 9.17) is 4.74 Å². The van der Waals surface area contributed by atoms with E-state index >= 15 is 0 Å². The molecule has 1 atom stereocenters. The lowest BCUT2D eigenvalue weighted by molar-refractivity contribution is 0.0599. The quantitative estimate of drug-likeness (QED) is 0.854. The van der Waals surface area contributed by atoms with Gasteiger partial charge in [0.1, 0.15) is 5.69 Å². The van der Waals surface area contributed by atoms with Crippen molar-refractivity contribution in [1.82, 2.24) is 14.9 Å². The monoisotopic (exact) mass is 355 g/mol. The maximum absolute atomic E-state index is 13.4. The molecule has 0 radical (unpaired) electrons. The third kappa shape index (κ3) is 3.36. The molecular weight excluding hydrogens is 330 g/mol. The average Bonchev–Trinajstić information content (AvgIpc) is 2.83. The van der Waals surface area contributed by atoms with Crippen LogP contribution in [0.3, 0.4) is 0 Å². The van der Waals surface area contributed by atoms with Crippen molar-refractivity contribution in [1.29, 1.82) is 0 Å². The standard InChI is InChI=1S/C20H25N3O3/c1-13-17(20(25)26-3)14(2)22-18(13)19(24)23-12-6-4-5-7-16(23)15-8-10-21-11-9-15/h8-11,16,22H,4-7,12H2,1-3H3. The number of carbonyl (C=O) groups excluding carboxylic acids is 2. The Kier molecular flexibility index (Phi) is 5.40. The average molecular weight is 355 g/mol. The van der Waals surface area contributed by atoms with Gasteiger partial charge in [0.15, 0.2) is 0 Å². The molecule has 6 heteroatoms. The lowest BCUT2D eigenvalue weighted by atomic mass is 10.0. The Hall–Kier alpha value is -2.63. The number of H-pyrrole nitrogens is 1. The minimum absolute atomic E-state index is 0.0255. The summed E-state index contributed by atoms with van der Waals surface area (Å²) in [5, 5.41) is 0. The number of nitrogens with one attached hydrogen (secondary N) is 1. The van der Waals surface area contributed by atoms with E-state index in [9.17, 15) is 9.59 Å². The molecule has 1 aliphatic heterocycles. The zero-order chi connectivity index (χ0) is 18.7. The van der Waals surface area contributed by atoms with Gasteiger partial charge in [-0.05, 0) is 49.9 Å². The minimum atomic E-state index is -0.420. The number of carbonyl (C=O) groups is 2. The number of likely N-dealkylation sites (tertiary alicyclic amines) is 1. The molecule has 2 aromatic rings. The smallest absolute Gasteiger partial charge is 0.339 e. The number of amides is 1. The molecule has 6 nitrogen and oxygen atoms in total. The summed E-state index contributed by atoms with van der Waals surface area (Å²) >= 11 is 0. The van der Waals surface area contributed by atoms with E-state index in [1.165, 1.54) is 7.11 Å². The van der Waals surface area contributed by atoms with Gasteiger partial charge in [-0.2, -0.15) is 0 Å². The molecule has 0 aromatic carbocycles. The van der Waals surface area contributed by atoms with Gasteiger partial charge in [0, 0.05) is 24.6 Å². The predicted octanol–water partition coefficient (Wildman–Crippen LogP) is 3.57. The Labute approximate surface area is 153 Å². The predicted molar refractivity (Wildman–Crippen MR) is 98.1 cm³/mol. The number of esters is 1. The molecule has 3 heterocycles. The van der Waals surface area contributed by atoms with Gasteiger partial charge in [0.25, 0.3) is 5.91 Å². The van der Waals surface area contributed by atoms with Crippen LogP contribution in [0, 0.1) is 13.8 Å². The fourth-order valence-electron chi connectivity index (χ4n) is 3.80. The lowest BCUT2D eigenvalue weighted by Crippen LogP contribution is -2.35. The molecule has 3 rings (SSSR count). The van der Waals surface area contributed by atoms with Crippen LogP contribution in [0.2, 0.25) is 0 Å².